The molecule has 0 spiro atoms. The van der Waals surface area contributed by atoms with Crippen molar-refractivity contribution in [2.24, 2.45) is 0 Å². The van der Waals surface area contributed by atoms with Gasteiger partial charge in [-0.25, -0.2) is 4.39 Å². The number of halogens is 2. The average Bonchev–Trinajstić information content (AvgIpc) is 2.33. The summed E-state index contributed by atoms with van der Waals surface area (Å²) >= 11 is 3.29. The van der Waals surface area contributed by atoms with Gasteiger partial charge in [0.15, 0.2) is 5.78 Å². The Morgan fingerprint density at radius 1 is 1.33 bits per heavy atom. The van der Waals surface area contributed by atoms with Crippen LogP contribution >= 0.6 is 15.9 Å². The van der Waals surface area contributed by atoms with Crippen molar-refractivity contribution >= 4 is 21.7 Å². The van der Waals surface area contributed by atoms with Crippen molar-refractivity contribution < 1.29 is 18.7 Å². The second-order valence-electron chi connectivity index (χ2n) is 3.62. The molecule has 0 saturated carbocycles. The molecule has 0 N–H and O–H groups in total. The first-order valence-electron chi connectivity index (χ1n) is 5.78. The van der Waals surface area contributed by atoms with Gasteiger partial charge >= 0.3 is 0 Å². The van der Waals surface area contributed by atoms with Gasteiger partial charge in [0.05, 0.1) is 0 Å². The SMILES string of the molecule is CCOC(OCC)C(=O)Cc1cc(F)ccc1Br. The molecule has 0 atom stereocenters. The lowest BCUT2D eigenvalue weighted by Crippen LogP contribution is -2.29. The van der Waals surface area contributed by atoms with Gasteiger partial charge < -0.3 is 9.47 Å². The molecule has 3 nitrogen and oxygen atoms in total. The van der Waals surface area contributed by atoms with Gasteiger partial charge in [-0.2, -0.15) is 0 Å². The van der Waals surface area contributed by atoms with Gasteiger partial charge in [-0.15, -0.1) is 0 Å². The van der Waals surface area contributed by atoms with E-state index in [1.54, 1.807) is 19.9 Å². The Labute approximate surface area is 114 Å². The van der Waals surface area contributed by atoms with Crippen LogP contribution in [0.2, 0.25) is 0 Å². The van der Waals surface area contributed by atoms with Crippen molar-refractivity contribution in [2.45, 2.75) is 26.6 Å². The fraction of sp³-hybridized carbons (Fsp3) is 0.462. The van der Waals surface area contributed by atoms with E-state index in [-0.39, 0.29) is 18.0 Å². The van der Waals surface area contributed by atoms with Crippen LogP contribution in [-0.4, -0.2) is 25.3 Å². The zero-order valence-corrected chi connectivity index (χ0v) is 12.0. The first-order chi connectivity index (χ1) is 8.58. The third-order valence-electron chi connectivity index (χ3n) is 2.27. The molecule has 0 aliphatic heterocycles. The van der Waals surface area contributed by atoms with Crippen LogP contribution in [0.3, 0.4) is 0 Å². The summed E-state index contributed by atoms with van der Waals surface area (Å²) < 4.78 is 24.2. The lowest BCUT2D eigenvalue weighted by Gasteiger charge is -2.15. The molecule has 0 saturated heterocycles. The molecule has 0 amide bonds. The van der Waals surface area contributed by atoms with Crippen LogP contribution in [0, 0.1) is 5.82 Å². The summed E-state index contributed by atoms with van der Waals surface area (Å²) in [5.41, 5.74) is 0.587. The lowest BCUT2D eigenvalue weighted by molar-refractivity contribution is -0.167. The molecule has 1 aromatic rings. The van der Waals surface area contributed by atoms with Gasteiger partial charge in [0.1, 0.15) is 5.82 Å². The van der Waals surface area contributed by atoms with E-state index in [1.807, 2.05) is 0 Å². The van der Waals surface area contributed by atoms with Crippen LogP contribution in [0.5, 0.6) is 0 Å². The van der Waals surface area contributed by atoms with E-state index in [0.29, 0.717) is 23.2 Å². The monoisotopic (exact) mass is 318 g/mol. The van der Waals surface area contributed by atoms with Crippen molar-refractivity contribution in [3.63, 3.8) is 0 Å². The molecule has 0 aliphatic carbocycles. The molecule has 0 heterocycles. The van der Waals surface area contributed by atoms with E-state index < -0.39 is 6.29 Å². The van der Waals surface area contributed by atoms with Gasteiger partial charge in [0, 0.05) is 24.1 Å². The van der Waals surface area contributed by atoms with Crippen molar-refractivity contribution in [3.8, 4) is 0 Å². The zero-order chi connectivity index (χ0) is 13.5. The Bertz CT molecular complexity index is 403. The quantitative estimate of drug-likeness (QED) is 0.725. The number of hydrogen-bond acceptors (Lipinski definition) is 3. The van der Waals surface area contributed by atoms with E-state index >= 15 is 0 Å². The normalized spacial score (nSPS) is 10.9. The summed E-state index contributed by atoms with van der Waals surface area (Å²) in [6.07, 6.45) is -0.807. The number of Topliss-reactive ketones (excluding diaryl/α,β-unsaturated/α-hetero) is 1. The van der Waals surface area contributed by atoms with E-state index in [2.05, 4.69) is 15.9 Å². The first kappa shape index (κ1) is 15.3. The van der Waals surface area contributed by atoms with E-state index in [4.69, 9.17) is 9.47 Å². The predicted octanol–water partition coefficient (Wildman–Crippen LogP) is 3.10. The van der Waals surface area contributed by atoms with Crippen LogP contribution in [0.4, 0.5) is 4.39 Å². The third-order valence-corrected chi connectivity index (χ3v) is 3.05. The Hall–Kier alpha value is -0.780. The molecule has 0 radical (unpaired) electrons. The standard InChI is InChI=1S/C13H16BrFO3/c1-3-17-13(18-4-2)12(16)8-9-7-10(15)5-6-11(9)14/h5-7,13H,3-4,8H2,1-2H3. The highest BCUT2D eigenvalue weighted by Gasteiger charge is 2.20. The van der Waals surface area contributed by atoms with Gasteiger partial charge in [-0.1, -0.05) is 15.9 Å². The number of carbonyl (C=O) groups excluding carboxylic acids is 1. The van der Waals surface area contributed by atoms with Crippen molar-refractivity contribution in [3.05, 3.63) is 34.1 Å². The second-order valence-corrected chi connectivity index (χ2v) is 4.48. The van der Waals surface area contributed by atoms with Crippen LogP contribution < -0.4 is 0 Å². The van der Waals surface area contributed by atoms with Gasteiger partial charge in [-0.3, -0.25) is 4.79 Å². The second kappa shape index (κ2) is 7.61. The summed E-state index contributed by atoms with van der Waals surface area (Å²) in [5.74, 6) is -0.588. The maximum atomic E-state index is 13.1. The molecule has 1 aromatic carbocycles. The smallest absolute Gasteiger partial charge is 0.218 e. The number of ether oxygens (including phenoxy) is 2. The van der Waals surface area contributed by atoms with Crippen LogP contribution in [0.15, 0.2) is 22.7 Å². The molecule has 0 bridgehead atoms. The molecule has 0 fully saturated rings. The molecule has 1 rings (SSSR count). The van der Waals surface area contributed by atoms with Crippen LogP contribution in [0.1, 0.15) is 19.4 Å². The highest BCUT2D eigenvalue weighted by Crippen LogP contribution is 2.19. The molecular weight excluding hydrogens is 303 g/mol. The van der Waals surface area contributed by atoms with Gasteiger partial charge in [-0.05, 0) is 37.6 Å². The first-order valence-corrected chi connectivity index (χ1v) is 6.57. The minimum absolute atomic E-state index is 0.0724. The minimum atomic E-state index is -0.879. The molecule has 100 valence electrons. The molecular formula is C13H16BrFO3. The Morgan fingerprint density at radius 3 is 2.50 bits per heavy atom. The largest absolute Gasteiger partial charge is 0.346 e. The molecule has 5 heteroatoms. The molecule has 18 heavy (non-hydrogen) atoms. The Morgan fingerprint density at radius 2 is 1.94 bits per heavy atom. The van der Waals surface area contributed by atoms with Crippen LogP contribution in [0.25, 0.3) is 0 Å². The number of hydrogen-bond donors (Lipinski definition) is 0. The zero-order valence-electron chi connectivity index (χ0n) is 10.4. The Balaban J connectivity index is 2.75. The van der Waals surface area contributed by atoms with Crippen molar-refractivity contribution in [1.82, 2.24) is 0 Å². The number of ketones is 1. The summed E-state index contributed by atoms with van der Waals surface area (Å²) in [7, 11) is 0. The lowest BCUT2D eigenvalue weighted by atomic mass is 10.1. The van der Waals surface area contributed by atoms with E-state index in [1.165, 1.54) is 12.1 Å². The van der Waals surface area contributed by atoms with Crippen molar-refractivity contribution in [2.75, 3.05) is 13.2 Å². The van der Waals surface area contributed by atoms with Crippen molar-refractivity contribution in [1.29, 1.82) is 0 Å². The predicted molar refractivity (Wildman–Crippen MR) is 69.9 cm³/mol. The fourth-order valence-electron chi connectivity index (χ4n) is 1.49. The van der Waals surface area contributed by atoms with E-state index in [9.17, 15) is 9.18 Å². The minimum Gasteiger partial charge on any atom is -0.346 e. The summed E-state index contributed by atoms with van der Waals surface area (Å²) in [5, 5.41) is 0. The number of carbonyl (C=O) groups is 1. The third kappa shape index (κ3) is 4.48. The molecule has 0 aliphatic rings. The summed E-state index contributed by atoms with van der Waals surface area (Å²) in [6.45, 7) is 4.36. The van der Waals surface area contributed by atoms with E-state index in [0.717, 1.165) is 0 Å². The fourth-order valence-corrected chi connectivity index (χ4v) is 1.87. The topological polar surface area (TPSA) is 35.5 Å². The van der Waals surface area contributed by atoms with Crippen LogP contribution in [-0.2, 0) is 20.7 Å². The average molecular weight is 319 g/mol. The maximum absolute atomic E-state index is 13.1. The number of benzene rings is 1. The Kier molecular flexibility index (Phi) is 6.46. The molecule has 0 aromatic heterocycles. The summed E-state index contributed by atoms with van der Waals surface area (Å²) in [6, 6.07) is 4.24. The number of rotatable bonds is 7. The van der Waals surface area contributed by atoms with Gasteiger partial charge in [0.25, 0.3) is 0 Å². The highest BCUT2D eigenvalue weighted by atomic mass is 79.9. The molecule has 0 unspecified atom stereocenters. The highest BCUT2D eigenvalue weighted by molar-refractivity contribution is 9.10. The maximum Gasteiger partial charge on any atom is 0.218 e. The van der Waals surface area contributed by atoms with Gasteiger partial charge in [0.2, 0.25) is 6.29 Å². The summed E-state index contributed by atoms with van der Waals surface area (Å²) in [4.78, 5) is 12.0.